The van der Waals surface area contributed by atoms with Gasteiger partial charge < -0.3 is 9.84 Å². The Labute approximate surface area is 180 Å². The molecule has 0 aliphatic carbocycles. The molecule has 1 aliphatic heterocycles. The van der Waals surface area contributed by atoms with Gasteiger partial charge in [-0.15, -0.1) is 0 Å². The molecule has 146 valence electrons. The number of carbonyl (C=O) groups is 2. The molecular formula is C22H16BrNO4S. The molecule has 0 saturated carbocycles. The van der Waals surface area contributed by atoms with Gasteiger partial charge in [0.05, 0.1) is 11.4 Å². The SMILES string of the molecule is O=C1S/C(=C\c2cc(Br)ccc2O)C(=O)N1CCOc1cccc2ccccc12. The number of benzene rings is 3. The van der Waals surface area contributed by atoms with E-state index in [1.807, 2.05) is 42.5 Å². The topological polar surface area (TPSA) is 66.8 Å². The van der Waals surface area contributed by atoms with Gasteiger partial charge >= 0.3 is 0 Å². The highest BCUT2D eigenvalue weighted by atomic mass is 79.9. The second kappa shape index (κ2) is 8.31. The van der Waals surface area contributed by atoms with Gasteiger partial charge in [0.1, 0.15) is 18.1 Å². The molecule has 1 heterocycles. The van der Waals surface area contributed by atoms with Crippen LogP contribution in [0.5, 0.6) is 11.5 Å². The van der Waals surface area contributed by atoms with Crippen molar-refractivity contribution in [3.8, 4) is 11.5 Å². The summed E-state index contributed by atoms with van der Waals surface area (Å²) in [6.45, 7) is 0.344. The van der Waals surface area contributed by atoms with Gasteiger partial charge in [0, 0.05) is 15.4 Å². The van der Waals surface area contributed by atoms with Gasteiger partial charge in [0.2, 0.25) is 0 Å². The summed E-state index contributed by atoms with van der Waals surface area (Å²) in [5.74, 6) is 0.366. The Hall–Kier alpha value is -2.77. The highest BCUT2D eigenvalue weighted by Gasteiger charge is 2.35. The van der Waals surface area contributed by atoms with E-state index in [2.05, 4.69) is 15.9 Å². The molecule has 5 nitrogen and oxygen atoms in total. The summed E-state index contributed by atoms with van der Waals surface area (Å²) >= 11 is 4.19. The first-order valence-electron chi connectivity index (χ1n) is 8.87. The summed E-state index contributed by atoms with van der Waals surface area (Å²) in [6.07, 6.45) is 1.52. The monoisotopic (exact) mass is 469 g/mol. The molecule has 0 unspecified atom stereocenters. The highest BCUT2D eigenvalue weighted by molar-refractivity contribution is 9.10. The van der Waals surface area contributed by atoms with Gasteiger partial charge in [-0.05, 0) is 47.5 Å². The number of fused-ring (bicyclic) bond motifs is 1. The lowest BCUT2D eigenvalue weighted by Crippen LogP contribution is -2.32. The largest absolute Gasteiger partial charge is 0.507 e. The zero-order valence-electron chi connectivity index (χ0n) is 15.2. The lowest BCUT2D eigenvalue weighted by atomic mass is 10.1. The third kappa shape index (κ3) is 4.16. The summed E-state index contributed by atoms with van der Waals surface area (Å²) in [5.41, 5.74) is 0.469. The fourth-order valence-corrected chi connectivity index (χ4v) is 4.28. The molecule has 7 heteroatoms. The molecule has 0 radical (unpaired) electrons. The number of halogens is 1. The van der Waals surface area contributed by atoms with Gasteiger partial charge in [-0.25, -0.2) is 0 Å². The van der Waals surface area contributed by atoms with Crippen LogP contribution in [0.1, 0.15) is 5.56 Å². The van der Waals surface area contributed by atoms with Crippen LogP contribution in [0.15, 0.2) is 70.0 Å². The number of hydrogen-bond donors (Lipinski definition) is 1. The van der Waals surface area contributed by atoms with E-state index in [9.17, 15) is 14.7 Å². The average Bonchev–Trinajstić information content (AvgIpc) is 2.98. The molecule has 3 aromatic rings. The maximum Gasteiger partial charge on any atom is 0.293 e. The molecule has 29 heavy (non-hydrogen) atoms. The number of rotatable bonds is 5. The maximum absolute atomic E-state index is 12.6. The lowest BCUT2D eigenvalue weighted by molar-refractivity contribution is -0.123. The number of carbonyl (C=O) groups excluding carboxylic acids is 2. The van der Waals surface area contributed by atoms with E-state index in [1.165, 1.54) is 12.1 Å². The third-order valence-corrected chi connectivity index (χ3v) is 5.87. The number of nitrogens with zero attached hydrogens (tertiary/aromatic N) is 1. The Morgan fingerprint density at radius 2 is 1.86 bits per heavy atom. The zero-order valence-corrected chi connectivity index (χ0v) is 17.6. The Morgan fingerprint density at radius 3 is 2.72 bits per heavy atom. The summed E-state index contributed by atoms with van der Waals surface area (Å²) in [5, 5.41) is 11.7. The molecule has 0 spiro atoms. The number of ether oxygens (including phenoxy) is 1. The van der Waals surface area contributed by atoms with Crippen molar-refractivity contribution in [2.75, 3.05) is 13.2 Å². The van der Waals surface area contributed by atoms with Crippen LogP contribution in [0.4, 0.5) is 4.79 Å². The number of phenols is 1. The number of aromatic hydroxyl groups is 1. The van der Waals surface area contributed by atoms with E-state index in [-0.39, 0.29) is 35.0 Å². The standard InChI is InChI=1S/C22H16BrNO4S/c23-16-8-9-18(25)15(12-16)13-20-21(26)24(22(27)29-20)10-11-28-19-7-3-5-14-4-1-2-6-17(14)19/h1-9,12-13,25H,10-11H2/b20-13-. The predicted molar refractivity (Wildman–Crippen MR) is 118 cm³/mol. The van der Waals surface area contributed by atoms with Crippen LogP contribution in [0.25, 0.3) is 16.8 Å². The fourth-order valence-electron chi connectivity index (χ4n) is 3.04. The van der Waals surface area contributed by atoms with Crippen LogP contribution in [0.2, 0.25) is 0 Å². The Balaban J connectivity index is 1.46. The van der Waals surface area contributed by atoms with Crippen LogP contribution < -0.4 is 4.74 Å². The van der Waals surface area contributed by atoms with Crippen molar-refractivity contribution >= 4 is 55.7 Å². The number of phenolic OH excluding ortho intramolecular Hbond substituents is 1. The second-order valence-electron chi connectivity index (χ2n) is 6.36. The van der Waals surface area contributed by atoms with Crippen LogP contribution in [0.3, 0.4) is 0 Å². The van der Waals surface area contributed by atoms with Crippen LogP contribution in [-0.4, -0.2) is 34.3 Å². The van der Waals surface area contributed by atoms with Gasteiger partial charge in [-0.2, -0.15) is 0 Å². The molecule has 1 saturated heterocycles. The molecule has 0 aromatic heterocycles. The van der Waals surface area contributed by atoms with Crippen LogP contribution in [0, 0.1) is 0 Å². The van der Waals surface area contributed by atoms with Gasteiger partial charge in [-0.1, -0.05) is 52.3 Å². The van der Waals surface area contributed by atoms with Crippen molar-refractivity contribution in [3.63, 3.8) is 0 Å². The van der Waals surface area contributed by atoms with Crippen molar-refractivity contribution < 1.29 is 19.4 Å². The molecule has 2 amide bonds. The molecule has 0 atom stereocenters. The van der Waals surface area contributed by atoms with Gasteiger partial charge in [-0.3, -0.25) is 14.5 Å². The summed E-state index contributed by atoms with van der Waals surface area (Å²) in [6, 6.07) is 18.6. The van der Waals surface area contributed by atoms with E-state index in [0.29, 0.717) is 11.3 Å². The highest BCUT2D eigenvalue weighted by Crippen LogP contribution is 2.34. The first-order chi connectivity index (χ1) is 14.0. The van der Waals surface area contributed by atoms with E-state index in [4.69, 9.17) is 4.74 Å². The molecule has 1 N–H and O–H groups in total. The Morgan fingerprint density at radius 1 is 1.07 bits per heavy atom. The number of thioether (sulfide) groups is 1. The quantitative estimate of drug-likeness (QED) is 0.505. The first-order valence-corrected chi connectivity index (χ1v) is 10.5. The minimum absolute atomic E-state index is 0.0410. The van der Waals surface area contributed by atoms with Crippen molar-refractivity contribution in [1.29, 1.82) is 0 Å². The maximum atomic E-state index is 12.6. The predicted octanol–water partition coefficient (Wildman–Crippen LogP) is 5.42. The summed E-state index contributed by atoms with van der Waals surface area (Å²) < 4.78 is 6.61. The molecular weight excluding hydrogens is 454 g/mol. The minimum atomic E-state index is -0.388. The Bertz CT molecular complexity index is 1140. The average molecular weight is 470 g/mol. The van der Waals surface area contributed by atoms with E-state index < -0.39 is 0 Å². The third-order valence-electron chi connectivity index (χ3n) is 4.47. The Kier molecular flexibility index (Phi) is 5.60. The van der Waals surface area contributed by atoms with E-state index in [0.717, 1.165) is 31.9 Å². The van der Waals surface area contributed by atoms with Crippen LogP contribution >= 0.6 is 27.7 Å². The smallest absolute Gasteiger partial charge is 0.293 e. The molecule has 0 bridgehead atoms. The van der Waals surface area contributed by atoms with Gasteiger partial charge in [0.15, 0.2) is 0 Å². The van der Waals surface area contributed by atoms with Crippen molar-refractivity contribution in [3.05, 3.63) is 75.6 Å². The van der Waals surface area contributed by atoms with Gasteiger partial charge in [0.25, 0.3) is 11.1 Å². The zero-order chi connectivity index (χ0) is 20.4. The number of amides is 2. The normalized spacial score (nSPS) is 15.5. The minimum Gasteiger partial charge on any atom is -0.507 e. The first kappa shape index (κ1) is 19.5. The van der Waals surface area contributed by atoms with Crippen LogP contribution in [-0.2, 0) is 4.79 Å². The van der Waals surface area contributed by atoms with Crippen molar-refractivity contribution in [1.82, 2.24) is 4.90 Å². The summed E-state index contributed by atoms with van der Waals surface area (Å²) in [4.78, 5) is 26.4. The molecule has 1 aliphatic rings. The second-order valence-corrected chi connectivity index (χ2v) is 8.27. The van der Waals surface area contributed by atoms with E-state index >= 15 is 0 Å². The lowest BCUT2D eigenvalue weighted by Gasteiger charge is -2.14. The molecule has 1 fully saturated rings. The fraction of sp³-hybridized carbons (Fsp3) is 0.0909. The van der Waals surface area contributed by atoms with Crippen molar-refractivity contribution in [2.45, 2.75) is 0 Å². The summed E-state index contributed by atoms with van der Waals surface area (Å²) in [7, 11) is 0. The number of hydrogen-bond acceptors (Lipinski definition) is 5. The number of imide groups is 1. The molecule has 4 rings (SSSR count). The van der Waals surface area contributed by atoms with E-state index in [1.54, 1.807) is 12.1 Å². The molecule has 3 aromatic carbocycles. The van der Waals surface area contributed by atoms with Crippen molar-refractivity contribution in [2.24, 2.45) is 0 Å².